The summed E-state index contributed by atoms with van der Waals surface area (Å²) in [5.41, 5.74) is 3.67. The van der Waals surface area contributed by atoms with Gasteiger partial charge in [0.25, 0.3) is 0 Å². The second kappa shape index (κ2) is 10.2. The molecule has 4 aromatic rings. The van der Waals surface area contributed by atoms with Crippen molar-refractivity contribution in [2.24, 2.45) is 0 Å². The van der Waals surface area contributed by atoms with E-state index in [9.17, 15) is 14.3 Å². The Hall–Kier alpha value is -3.53. The van der Waals surface area contributed by atoms with E-state index in [0.29, 0.717) is 50.7 Å². The summed E-state index contributed by atoms with van der Waals surface area (Å²) in [6.07, 6.45) is 2.03. The molecule has 182 valence electrons. The lowest BCUT2D eigenvalue weighted by Crippen LogP contribution is -2.16. The number of nitrogens with zero attached hydrogens (tertiary/aromatic N) is 3. The van der Waals surface area contributed by atoms with Crippen LogP contribution in [0.2, 0.25) is 5.02 Å². The number of aliphatic hydroxyl groups is 1. The highest BCUT2D eigenvalue weighted by Gasteiger charge is 2.28. The maximum atomic E-state index is 14.0. The second-order valence-electron chi connectivity index (χ2n) is 8.07. The van der Waals surface area contributed by atoms with Crippen molar-refractivity contribution in [2.45, 2.75) is 25.0 Å². The van der Waals surface area contributed by atoms with Crippen LogP contribution in [-0.2, 0) is 17.8 Å². The van der Waals surface area contributed by atoms with Crippen LogP contribution in [0, 0.1) is 12.7 Å². The van der Waals surface area contributed by atoms with Gasteiger partial charge in [0.1, 0.15) is 10.8 Å². The maximum absolute atomic E-state index is 14.0. The van der Waals surface area contributed by atoms with Crippen molar-refractivity contribution in [1.82, 2.24) is 15.0 Å². The van der Waals surface area contributed by atoms with E-state index >= 15 is 0 Å². The van der Waals surface area contributed by atoms with E-state index in [1.54, 1.807) is 42.6 Å². The zero-order valence-corrected chi connectivity index (χ0v) is 20.7. The predicted molar refractivity (Wildman–Crippen MR) is 136 cm³/mol. The van der Waals surface area contributed by atoms with Gasteiger partial charge >= 0.3 is 0 Å². The number of aromatic nitrogens is 3. The van der Waals surface area contributed by atoms with Crippen molar-refractivity contribution in [2.75, 3.05) is 11.1 Å². The molecule has 7 nitrogen and oxygen atoms in total. The number of thioether (sulfide) groups is 1. The molecule has 5 rings (SSSR count). The Morgan fingerprint density at radius 1 is 1.17 bits per heavy atom. The molecule has 0 spiro atoms. The van der Waals surface area contributed by atoms with Crippen LogP contribution in [0.4, 0.5) is 10.1 Å². The molecule has 1 amide bonds. The molecule has 0 unspecified atom stereocenters. The fourth-order valence-electron chi connectivity index (χ4n) is 3.82. The maximum Gasteiger partial charge on any atom is 0.234 e. The molecule has 2 aromatic heterocycles. The Balaban J connectivity index is 1.50. The fourth-order valence-corrected chi connectivity index (χ4v) is 4.77. The number of rotatable bonds is 6. The van der Waals surface area contributed by atoms with Crippen LogP contribution in [-0.4, -0.2) is 31.7 Å². The van der Waals surface area contributed by atoms with Crippen LogP contribution in [0.15, 0.2) is 59.8 Å². The molecule has 0 saturated heterocycles. The standard InChI is InChI=1S/C26H20ClFN4O3S/c1-14-23-18(16(12-33)11-29-14)10-19-25(35-23)31-24(15-6-8-17(27)9-7-15)32-26(19)36-13-22(34)30-21-5-3-2-4-20(21)28/h2-9,11,33H,10,12-13H2,1H3,(H,30,34). The van der Waals surface area contributed by atoms with Crippen molar-refractivity contribution in [3.05, 3.63) is 88.0 Å². The van der Waals surface area contributed by atoms with E-state index in [1.807, 2.05) is 6.92 Å². The lowest BCUT2D eigenvalue weighted by molar-refractivity contribution is -0.113. The Kier molecular flexibility index (Phi) is 6.86. The summed E-state index contributed by atoms with van der Waals surface area (Å²) in [4.78, 5) is 26.3. The molecule has 0 saturated carbocycles. The van der Waals surface area contributed by atoms with Gasteiger partial charge in [0.05, 0.1) is 29.3 Å². The molecule has 0 atom stereocenters. The number of benzene rings is 2. The third-order valence-electron chi connectivity index (χ3n) is 5.65. The molecule has 0 aliphatic carbocycles. The number of hydrogen-bond acceptors (Lipinski definition) is 7. The molecule has 2 aromatic carbocycles. The number of carbonyl (C=O) groups is 1. The molecule has 0 fully saturated rings. The van der Waals surface area contributed by atoms with Crippen molar-refractivity contribution < 1.29 is 19.0 Å². The molecule has 1 aliphatic heterocycles. The smallest absolute Gasteiger partial charge is 0.234 e. The average molecular weight is 523 g/mol. The van der Waals surface area contributed by atoms with Crippen LogP contribution < -0.4 is 10.1 Å². The number of nitrogens with one attached hydrogen (secondary N) is 1. The molecule has 10 heteroatoms. The second-order valence-corrected chi connectivity index (χ2v) is 9.47. The van der Waals surface area contributed by atoms with Gasteiger partial charge in [-0.05, 0) is 43.3 Å². The summed E-state index contributed by atoms with van der Waals surface area (Å²) in [7, 11) is 0. The number of pyridine rings is 1. The zero-order chi connectivity index (χ0) is 25.2. The summed E-state index contributed by atoms with van der Waals surface area (Å²) < 4.78 is 20.1. The number of hydrogen-bond donors (Lipinski definition) is 2. The van der Waals surface area contributed by atoms with Gasteiger partial charge in [0, 0.05) is 34.3 Å². The quantitative estimate of drug-likeness (QED) is 0.222. The van der Waals surface area contributed by atoms with E-state index in [0.717, 1.165) is 11.1 Å². The first kappa shape index (κ1) is 24.2. The van der Waals surface area contributed by atoms with Gasteiger partial charge in [0.2, 0.25) is 11.8 Å². The van der Waals surface area contributed by atoms with Gasteiger partial charge in [-0.3, -0.25) is 9.78 Å². The highest BCUT2D eigenvalue weighted by molar-refractivity contribution is 8.00. The first-order valence-corrected chi connectivity index (χ1v) is 12.4. The van der Waals surface area contributed by atoms with E-state index < -0.39 is 5.82 Å². The first-order chi connectivity index (χ1) is 17.4. The Labute approximate surface area is 215 Å². The lowest BCUT2D eigenvalue weighted by Gasteiger charge is -2.24. The summed E-state index contributed by atoms with van der Waals surface area (Å²) in [5.74, 6) is 0.439. The summed E-state index contributed by atoms with van der Waals surface area (Å²) in [5, 5.41) is 13.6. The van der Waals surface area contributed by atoms with Gasteiger partial charge in [-0.2, -0.15) is 4.98 Å². The Morgan fingerprint density at radius 2 is 1.94 bits per heavy atom. The van der Waals surface area contributed by atoms with Crippen LogP contribution in [0.5, 0.6) is 11.6 Å². The molecule has 0 bridgehead atoms. The topological polar surface area (TPSA) is 97.2 Å². The molecule has 0 radical (unpaired) electrons. The number of ether oxygens (including phenoxy) is 1. The number of anilines is 1. The monoisotopic (exact) mass is 522 g/mol. The van der Waals surface area contributed by atoms with Gasteiger partial charge in [0.15, 0.2) is 11.6 Å². The summed E-state index contributed by atoms with van der Waals surface area (Å²) in [6.45, 7) is 1.64. The van der Waals surface area contributed by atoms with Gasteiger partial charge < -0.3 is 15.2 Å². The number of aliphatic hydroxyl groups excluding tert-OH is 1. The molecule has 1 aliphatic rings. The fraction of sp³-hybridized carbons (Fsp3) is 0.154. The summed E-state index contributed by atoms with van der Waals surface area (Å²) in [6, 6.07) is 13.1. The largest absolute Gasteiger partial charge is 0.436 e. The number of amides is 1. The minimum atomic E-state index is -0.509. The molecular weight excluding hydrogens is 503 g/mol. The Bertz CT molecular complexity index is 1470. The normalized spacial score (nSPS) is 11.9. The highest BCUT2D eigenvalue weighted by Crippen LogP contribution is 2.42. The van der Waals surface area contributed by atoms with E-state index in [4.69, 9.17) is 21.3 Å². The average Bonchev–Trinajstić information content (AvgIpc) is 2.88. The Morgan fingerprint density at radius 3 is 2.69 bits per heavy atom. The number of fused-ring (bicyclic) bond motifs is 2. The third kappa shape index (κ3) is 4.90. The van der Waals surface area contributed by atoms with Crippen molar-refractivity contribution in [3.8, 4) is 23.0 Å². The zero-order valence-electron chi connectivity index (χ0n) is 19.1. The van der Waals surface area contributed by atoms with Gasteiger partial charge in [-0.25, -0.2) is 9.37 Å². The molecule has 3 heterocycles. The van der Waals surface area contributed by atoms with E-state index in [2.05, 4.69) is 15.3 Å². The van der Waals surface area contributed by atoms with Crippen LogP contribution in [0.3, 0.4) is 0 Å². The SMILES string of the molecule is Cc1ncc(CO)c2c1Oc1nc(-c3ccc(Cl)cc3)nc(SCC(=O)Nc3ccccc3F)c1C2. The number of para-hydroxylation sites is 1. The summed E-state index contributed by atoms with van der Waals surface area (Å²) >= 11 is 7.24. The van der Waals surface area contributed by atoms with Crippen LogP contribution in [0.1, 0.15) is 22.4 Å². The van der Waals surface area contributed by atoms with Crippen molar-refractivity contribution in [3.63, 3.8) is 0 Å². The van der Waals surface area contributed by atoms with E-state index in [-0.39, 0.29) is 24.0 Å². The lowest BCUT2D eigenvalue weighted by atomic mass is 9.99. The highest BCUT2D eigenvalue weighted by atomic mass is 35.5. The van der Waals surface area contributed by atoms with Crippen LogP contribution >= 0.6 is 23.4 Å². The predicted octanol–water partition coefficient (Wildman–Crippen LogP) is 5.56. The number of aryl methyl sites for hydroxylation is 1. The first-order valence-electron chi connectivity index (χ1n) is 11.0. The van der Waals surface area contributed by atoms with Crippen molar-refractivity contribution in [1.29, 1.82) is 0 Å². The molecule has 2 N–H and O–H groups in total. The number of halogens is 2. The van der Waals surface area contributed by atoms with E-state index in [1.165, 1.54) is 23.9 Å². The minimum absolute atomic E-state index is 0.00701. The van der Waals surface area contributed by atoms with Crippen molar-refractivity contribution >= 4 is 35.0 Å². The third-order valence-corrected chi connectivity index (χ3v) is 6.92. The number of carbonyl (C=O) groups excluding carboxylic acids is 1. The van der Waals surface area contributed by atoms with Gasteiger partial charge in [-0.15, -0.1) is 0 Å². The van der Waals surface area contributed by atoms with Gasteiger partial charge in [-0.1, -0.05) is 35.5 Å². The minimum Gasteiger partial charge on any atom is -0.436 e. The molecule has 36 heavy (non-hydrogen) atoms. The van der Waals surface area contributed by atoms with Crippen LogP contribution in [0.25, 0.3) is 11.4 Å². The molecular formula is C26H20ClFN4O3S.